The van der Waals surface area contributed by atoms with E-state index in [1.165, 1.54) is 0 Å². The van der Waals surface area contributed by atoms with Crippen LogP contribution in [0.3, 0.4) is 0 Å². The number of benzene rings is 1. The number of unbranched alkanes of at least 4 members (excludes halogenated alkanes) is 2. The van der Waals surface area contributed by atoms with Crippen LogP contribution in [0.15, 0.2) is 18.2 Å². The average Bonchev–Trinajstić information content (AvgIpc) is 2.68. The molecule has 0 saturated carbocycles. The normalized spacial score (nSPS) is 12.3. The van der Waals surface area contributed by atoms with Crippen LogP contribution < -0.4 is 0 Å². The van der Waals surface area contributed by atoms with Crippen LogP contribution in [0.1, 0.15) is 99.6 Å². The summed E-state index contributed by atoms with van der Waals surface area (Å²) in [5, 5.41) is 0. The Balaban J connectivity index is 3.19. The number of ether oxygens (including phenoxy) is 4. The molecule has 0 aliphatic carbocycles. The number of esters is 2. The highest BCUT2D eigenvalue weighted by Crippen LogP contribution is 2.24. The summed E-state index contributed by atoms with van der Waals surface area (Å²) in [6.07, 6.45) is 3.08. The fraction of sp³-hybridized carbons (Fsp3) is 0.667. The van der Waals surface area contributed by atoms with E-state index in [4.69, 9.17) is 18.9 Å². The van der Waals surface area contributed by atoms with Gasteiger partial charge in [-0.1, -0.05) is 32.8 Å². The van der Waals surface area contributed by atoms with E-state index >= 15 is 0 Å². The Bertz CT molecular complexity index is 653. The van der Waals surface area contributed by atoms with Crippen molar-refractivity contribution in [3.8, 4) is 0 Å². The molecular formula is C24H38O6. The maximum atomic E-state index is 12.7. The van der Waals surface area contributed by atoms with Crippen LogP contribution in [0, 0.1) is 0 Å². The third kappa shape index (κ3) is 9.26. The van der Waals surface area contributed by atoms with E-state index in [9.17, 15) is 9.59 Å². The van der Waals surface area contributed by atoms with Crippen molar-refractivity contribution in [2.45, 2.75) is 85.5 Å². The Morgan fingerprint density at radius 1 is 0.833 bits per heavy atom. The lowest BCUT2D eigenvalue weighted by atomic mass is 10.0. The summed E-state index contributed by atoms with van der Waals surface area (Å²) in [7, 11) is 0. The summed E-state index contributed by atoms with van der Waals surface area (Å²) >= 11 is 0. The first kappa shape index (κ1) is 26.1. The molecule has 0 heterocycles. The number of carbonyl (C=O) groups is 2. The molecule has 6 nitrogen and oxygen atoms in total. The van der Waals surface area contributed by atoms with Gasteiger partial charge in [-0.25, -0.2) is 9.59 Å². The second-order valence-corrected chi connectivity index (χ2v) is 7.85. The zero-order valence-corrected chi connectivity index (χ0v) is 19.4. The van der Waals surface area contributed by atoms with Crippen molar-refractivity contribution >= 4 is 11.9 Å². The lowest BCUT2D eigenvalue weighted by Gasteiger charge is -2.20. The Hall–Kier alpha value is -1.92. The van der Waals surface area contributed by atoms with Crippen molar-refractivity contribution < 1.29 is 28.5 Å². The summed E-state index contributed by atoms with van der Waals surface area (Å²) in [4.78, 5) is 25.2. The van der Waals surface area contributed by atoms with Crippen molar-refractivity contribution in [3.63, 3.8) is 0 Å². The van der Waals surface area contributed by atoms with Crippen LogP contribution in [-0.4, -0.2) is 44.0 Å². The molecule has 0 amide bonds. The highest BCUT2D eigenvalue weighted by Gasteiger charge is 2.24. The van der Waals surface area contributed by atoms with Gasteiger partial charge in [0.15, 0.2) is 0 Å². The van der Waals surface area contributed by atoms with E-state index < -0.39 is 11.9 Å². The quantitative estimate of drug-likeness (QED) is 0.292. The molecule has 0 radical (unpaired) electrons. The van der Waals surface area contributed by atoms with Gasteiger partial charge in [0.05, 0.1) is 29.9 Å². The van der Waals surface area contributed by atoms with Crippen LogP contribution in [0.4, 0.5) is 0 Å². The second kappa shape index (κ2) is 14.1. The molecule has 0 saturated heterocycles. The minimum absolute atomic E-state index is 0.185. The minimum Gasteiger partial charge on any atom is -0.459 e. The van der Waals surface area contributed by atoms with Gasteiger partial charge >= 0.3 is 11.9 Å². The van der Waals surface area contributed by atoms with Crippen molar-refractivity contribution in [1.82, 2.24) is 0 Å². The fourth-order valence-electron chi connectivity index (χ4n) is 2.71. The largest absolute Gasteiger partial charge is 0.459 e. The number of hydrogen-bond acceptors (Lipinski definition) is 6. The molecule has 170 valence electrons. The monoisotopic (exact) mass is 422 g/mol. The molecule has 1 rings (SSSR count). The number of carbonyl (C=O) groups excluding carboxylic acids is 2. The van der Waals surface area contributed by atoms with E-state index in [0.29, 0.717) is 19.8 Å². The summed E-state index contributed by atoms with van der Waals surface area (Å²) in [6.45, 7) is 12.9. The number of hydrogen-bond donors (Lipinski definition) is 0. The summed E-state index contributed by atoms with van der Waals surface area (Å²) in [5.41, 5.74) is 1.15. The van der Waals surface area contributed by atoms with Crippen LogP contribution in [0.25, 0.3) is 0 Å². The van der Waals surface area contributed by atoms with E-state index in [1.54, 1.807) is 45.9 Å². The van der Waals surface area contributed by atoms with Gasteiger partial charge in [0, 0.05) is 13.2 Å². The molecular weight excluding hydrogens is 384 g/mol. The van der Waals surface area contributed by atoms with Crippen LogP contribution >= 0.6 is 0 Å². The summed E-state index contributed by atoms with van der Waals surface area (Å²) < 4.78 is 22.5. The van der Waals surface area contributed by atoms with E-state index in [2.05, 4.69) is 13.8 Å². The zero-order chi connectivity index (χ0) is 22.5. The molecule has 0 N–H and O–H groups in total. The van der Waals surface area contributed by atoms with E-state index in [1.807, 2.05) is 0 Å². The fourth-order valence-corrected chi connectivity index (χ4v) is 2.71. The summed E-state index contributed by atoms with van der Waals surface area (Å²) in [6, 6.07) is 5.07. The molecule has 1 aromatic rings. The van der Waals surface area contributed by atoms with Gasteiger partial charge in [-0.05, 0) is 58.2 Å². The van der Waals surface area contributed by atoms with Gasteiger partial charge in [0.2, 0.25) is 0 Å². The van der Waals surface area contributed by atoms with Gasteiger partial charge in [0.25, 0.3) is 0 Å². The average molecular weight is 423 g/mol. The zero-order valence-electron chi connectivity index (χ0n) is 19.4. The Morgan fingerprint density at radius 3 is 1.97 bits per heavy atom. The van der Waals surface area contributed by atoms with Gasteiger partial charge in [-0.2, -0.15) is 0 Å². The number of rotatable bonds is 14. The first-order valence-electron chi connectivity index (χ1n) is 11.0. The van der Waals surface area contributed by atoms with Gasteiger partial charge < -0.3 is 18.9 Å². The maximum absolute atomic E-state index is 12.7. The molecule has 6 heteroatoms. The van der Waals surface area contributed by atoms with Crippen LogP contribution in [0.5, 0.6) is 0 Å². The van der Waals surface area contributed by atoms with Crippen LogP contribution in [-0.2, 0) is 18.9 Å². The van der Waals surface area contributed by atoms with E-state index in [0.717, 1.165) is 31.2 Å². The molecule has 30 heavy (non-hydrogen) atoms. The lowest BCUT2D eigenvalue weighted by molar-refractivity contribution is -0.0197. The predicted octanol–water partition coefficient (Wildman–Crippen LogP) is 5.49. The minimum atomic E-state index is -0.554. The third-order valence-electron chi connectivity index (χ3n) is 4.27. The molecule has 0 aliphatic heterocycles. The molecule has 1 atom stereocenters. The maximum Gasteiger partial charge on any atom is 0.339 e. The first-order valence-corrected chi connectivity index (χ1v) is 11.0. The van der Waals surface area contributed by atoms with Crippen molar-refractivity contribution in [3.05, 3.63) is 34.9 Å². The Kier molecular flexibility index (Phi) is 12.3. The van der Waals surface area contributed by atoms with Crippen LogP contribution in [0.2, 0.25) is 0 Å². The van der Waals surface area contributed by atoms with Gasteiger partial charge in [0.1, 0.15) is 6.10 Å². The smallest absolute Gasteiger partial charge is 0.339 e. The highest BCUT2D eigenvalue weighted by atomic mass is 16.6. The lowest BCUT2D eigenvalue weighted by Crippen LogP contribution is -2.20. The van der Waals surface area contributed by atoms with Gasteiger partial charge in [-0.3, -0.25) is 0 Å². The molecule has 0 spiro atoms. The topological polar surface area (TPSA) is 71.1 Å². The Labute approximate surface area is 181 Å². The van der Waals surface area contributed by atoms with Crippen molar-refractivity contribution in [1.29, 1.82) is 0 Å². The third-order valence-corrected chi connectivity index (χ3v) is 4.27. The molecule has 0 aromatic heterocycles. The molecule has 1 unspecified atom stereocenters. The van der Waals surface area contributed by atoms with Crippen molar-refractivity contribution in [2.75, 3.05) is 19.8 Å². The first-order chi connectivity index (χ1) is 14.3. The Morgan fingerprint density at radius 2 is 1.40 bits per heavy atom. The standard InChI is InChI=1S/C24H38O6/c1-7-9-13-27-16-22(28-14-10-8-2)19-11-12-20(23(25)29-17(3)4)21(15-19)24(26)30-18(5)6/h11-12,15,17-18,22H,7-10,13-14,16H2,1-6H3. The summed E-state index contributed by atoms with van der Waals surface area (Å²) in [5.74, 6) is -1.10. The highest BCUT2D eigenvalue weighted by molar-refractivity contribution is 6.03. The molecule has 0 fully saturated rings. The molecule has 1 aromatic carbocycles. The molecule has 0 aliphatic rings. The second-order valence-electron chi connectivity index (χ2n) is 7.85. The van der Waals surface area contributed by atoms with Crippen molar-refractivity contribution in [2.24, 2.45) is 0 Å². The predicted molar refractivity (Wildman–Crippen MR) is 117 cm³/mol. The van der Waals surface area contributed by atoms with Gasteiger partial charge in [-0.15, -0.1) is 0 Å². The molecule has 0 bridgehead atoms. The van der Waals surface area contributed by atoms with E-state index in [-0.39, 0.29) is 29.4 Å². The SMILES string of the molecule is CCCCOCC(OCCCC)c1ccc(C(=O)OC(C)C)c(C(=O)OC(C)C)c1.